The first-order chi connectivity index (χ1) is 8.98. The van der Waals surface area contributed by atoms with E-state index in [0.29, 0.717) is 6.07 Å². The maximum absolute atomic E-state index is 12.7. The van der Waals surface area contributed by atoms with Gasteiger partial charge in [-0.2, -0.15) is 26.3 Å². The molecule has 1 aromatic rings. The Morgan fingerprint density at radius 2 is 1.35 bits per heavy atom. The Balaban J connectivity index is 2.68. The van der Waals surface area contributed by atoms with E-state index in [1.54, 1.807) is 0 Å². The van der Waals surface area contributed by atoms with Crippen molar-refractivity contribution in [2.75, 3.05) is 6.79 Å². The minimum atomic E-state index is -6.09. The molecule has 0 fully saturated rings. The van der Waals surface area contributed by atoms with Crippen molar-refractivity contribution in [3.63, 3.8) is 0 Å². The molecule has 1 aliphatic rings. The van der Waals surface area contributed by atoms with Crippen molar-refractivity contribution in [1.82, 2.24) is 0 Å². The van der Waals surface area contributed by atoms with Gasteiger partial charge in [-0.3, -0.25) is 0 Å². The van der Waals surface area contributed by atoms with Crippen molar-refractivity contribution in [1.29, 1.82) is 0 Å². The zero-order valence-electron chi connectivity index (χ0n) is 9.34. The summed E-state index contributed by atoms with van der Waals surface area (Å²) in [7, 11) is 0. The van der Waals surface area contributed by atoms with Crippen molar-refractivity contribution < 1.29 is 46.0 Å². The van der Waals surface area contributed by atoms with E-state index in [2.05, 4.69) is 4.74 Å². The molecule has 1 aliphatic heterocycles. The average Bonchev–Trinajstić information content (AvgIpc) is 2.70. The Morgan fingerprint density at radius 1 is 0.900 bits per heavy atom. The summed E-state index contributed by atoms with van der Waals surface area (Å²) in [6.07, 6.45) is -12.2. The molecule has 0 radical (unpaired) electrons. The summed E-state index contributed by atoms with van der Waals surface area (Å²) in [6.45, 7) is -0.422. The van der Waals surface area contributed by atoms with Crippen molar-refractivity contribution in [2.24, 2.45) is 0 Å². The Morgan fingerprint density at radius 3 is 1.80 bits per heavy atom. The van der Waals surface area contributed by atoms with Crippen LogP contribution in [0.25, 0.3) is 0 Å². The molecule has 0 aromatic heterocycles. The first-order valence-electron chi connectivity index (χ1n) is 4.97. The summed E-state index contributed by atoms with van der Waals surface area (Å²) >= 11 is 0. The highest BCUT2D eigenvalue weighted by atomic mass is 19.4. The van der Waals surface area contributed by atoms with Crippen LogP contribution in [0.4, 0.5) is 26.3 Å². The number of rotatable bonds is 1. The largest absolute Gasteiger partial charge is 0.507 e. The highest BCUT2D eigenvalue weighted by Crippen LogP contribution is 2.54. The summed E-state index contributed by atoms with van der Waals surface area (Å²) in [6, 6.07) is 0.763. The van der Waals surface area contributed by atoms with Crippen molar-refractivity contribution in [3.05, 3.63) is 17.7 Å². The second-order valence-electron chi connectivity index (χ2n) is 3.93. The Kier molecular flexibility index (Phi) is 2.97. The van der Waals surface area contributed by atoms with E-state index in [9.17, 15) is 31.4 Å². The van der Waals surface area contributed by atoms with Crippen LogP contribution < -0.4 is 9.47 Å². The van der Waals surface area contributed by atoms with Gasteiger partial charge in [-0.15, -0.1) is 0 Å². The quantitative estimate of drug-likeness (QED) is 0.782. The third kappa shape index (κ3) is 1.90. The van der Waals surface area contributed by atoms with Crippen molar-refractivity contribution >= 4 is 0 Å². The molecule has 10 heteroatoms. The molecule has 0 bridgehead atoms. The molecule has 0 saturated heterocycles. The molecule has 2 rings (SSSR count). The molecule has 0 unspecified atom stereocenters. The number of halogens is 6. The number of aromatic hydroxyl groups is 1. The third-order valence-electron chi connectivity index (χ3n) is 2.70. The first kappa shape index (κ1) is 14.6. The van der Waals surface area contributed by atoms with Gasteiger partial charge in [0, 0.05) is 11.6 Å². The molecule has 0 spiro atoms. The molecule has 0 saturated carbocycles. The molecule has 1 heterocycles. The molecule has 0 aliphatic carbocycles. The number of benzene rings is 1. The fraction of sp³-hybridized carbons (Fsp3) is 0.400. The van der Waals surface area contributed by atoms with E-state index in [-0.39, 0.29) is 11.8 Å². The van der Waals surface area contributed by atoms with Crippen LogP contribution in [-0.2, 0) is 5.60 Å². The fourth-order valence-electron chi connectivity index (χ4n) is 1.69. The van der Waals surface area contributed by atoms with E-state index in [0.717, 1.165) is 0 Å². The summed E-state index contributed by atoms with van der Waals surface area (Å²) in [4.78, 5) is 0. The van der Waals surface area contributed by atoms with Crippen molar-refractivity contribution in [3.8, 4) is 17.2 Å². The molecule has 20 heavy (non-hydrogen) atoms. The molecule has 112 valence electrons. The summed E-state index contributed by atoms with van der Waals surface area (Å²) in [5, 5.41) is 18.5. The number of hydrogen-bond donors (Lipinski definition) is 2. The number of ether oxygens (including phenoxy) is 2. The number of alkyl halides is 6. The van der Waals surface area contributed by atoms with E-state index in [4.69, 9.17) is 9.84 Å². The molecule has 0 amide bonds. The van der Waals surface area contributed by atoms with Gasteiger partial charge in [-0.1, -0.05) is 0 Å². The lowest BCUT2D eigenvalue weighted by molar-refractivity contribution is -0.376. The van der Waals surface area contributed by atoms with E-state index < -0.39 is 41.8 Å². The van der Waals surface area contributed by atoms with Crippen LogP contribution in [0.5, 0.6) is 17.2 Å². The second kappa shape index (κ2) is 4.08. The van der Waals surface area contributed by atoms with Crippen LogP contribution >= 0.6 is 0 Å². The number of phenols is 1. The Labute approximate surface area is 107 Å². The van der Waals surface area contributed by atoms with Crippen LogP contribution in [0.2, 0.25) is 0 Å². The summed E-state index contributed by atoms with van der Waals surface area (Å²) < 4.78 is 85.3. The Bertz CT molecular complexity index is 522. The van der Waals surface area contributed by atoms with E-state index >= 15 is 0 Å². The van der Waals surface area contributed by atoms with Gasteiger partial charge in [0.1, 0.15) is 5.75 Å². The molecular weight excluding hydrogens is 298 g/mol. The van der Waals surface area contributed by atoms with Gasteiger partial charge in [0.25, 0.3) is 5.60 Å². The van der Waals surface area contributed by atoms with Gasteiger partial charge >= 0.3 is 12.4 Å². The van der Waals surface area contributed by atoms with Gasteiger partial charge in [0.2, 0.25) is 6.79 Å². The lowest BCUT2D eigenvalue weighted by Gasteiger charge is -2.33. The summed E-state index contributed by atoms with van der Waals surface area (Å²) in [5.41, 5.74) is -6.99. The lowest BCUT2D eigenvalue weighted by Crippen LogP contribution is -2.53. The second-order valence-corrected chi connectivity index (χ2v) is 3.93. The number of fused-ring (bicyclic) bond motifs is 1. The van der Waals surface area contributed by atoms with Crippen LogP contribution in [0.1, 0.15) is 5.56 Å². The van der Waals surface area contributed by atoms with Crippen molar-refractivity contribution in [2.45, 2.75) is 18.0 Å². The number of aliphatic hydroxyl groups is 1. The summed E-state index contributed by atoms with van der Waals surface area (Å²) in [5.74, 6) is -2.07. The maximum atomic E-state index is 12.7. The molecule has 2 N–H and O–H groups in total. The van der Waals surface area contributed by atoms with E-state index in [1.165, 1.54) is 0 Å². The normalized spacial score (nSPS) is 15.6. The zero-order valence-corrected chi connectivity index (χ0v) is 9.34. The predicted molar refractivity (Wildman–Crippen MR) is 50.2 cm³/mol. The van der Waals surface area contributed by atoms with Gasteiger partial charge in [0.15, 0.2) is 11.5 Å². The minimum absolute atomic E-state index is 0.224. The van der Waals surface area contributed by atoms with Crippen LogP contribution in [0.3, 0.4) is 0 Å². The topological polar surface area (TPSA) is 58.9 Å². The van der Waals surface area contributed by atoms with Gasteiger partial charge < -0.3 is 19.7 Å². The SMILES string of the molecule is Oc1cc2c(cc1C(O)(C(F)(F)F)C(F)(F)F)OCO2. The number of hydrogen-bond acceptors (Lipinski definition) is 4. The van der Waals surface area contributed by atoms with Gasteiger partial charge in [-0.25, -0.2) is 0 Å². The highest BCUT2D eigenvalue weighted by Gasteiger charge is 2.72. The maximum Gasteiger partial charge on any atom is 0.430 e. The minimum Gasteiger partial charge on any atom is -0.507 e. The van der Waals surface area contributed by atoms with Crippen LogP contribution in [-0.4, -0.2) is 29.4 Å². The zero-order chi connectivity index (χ0) is 15.3. The first-order valence-corrected chi connectivity index (χ1v) is 4.97. The van der Waals surface area contributed by atoms with Gasteiger partial charge in [0.05, 0.1) is 0 Å². The van der Waals surface area contributed by atoms with Crippen LogP contribution in [0, 0.1) is 0 Å². The third-order valence-corrected chi connectivity index (χ3v) is 2.70. The Hall–Kier alpha value is -1.84. The van der Waals surface area contributed by atoms with Crippen LogP contribution in [0.15, 0.2) is 12.1 Å². The predicted octanol–water partition coefficient (Wildman–Crippen LogP) is 2.43. The molecule has 0 atom stereocenters. The number of phenolic OH excluding ortho intramolecular Hbond substituents is 1. The average molecular weight is 304 g/mol. The van der Waals surface area contributed by atoms with Gasteiger partial charge in [-0.05, 0) is 6.07 Å². The molecule has 4 nitrogen and oxygen atoms in total. The fourth-order valence-corrected chi connectivity index (χ4v) is 1.69. The lowest BCUT2D eigenvalue weighted by atomic mass is 9.91. The smallest absolute Gasteiger partial charge is 0.430 e. The highest BCUT2D eigenvalue weighted by molar-refractivity contribution is 5.54. The molecule has 1 aromatic carbocycles. The monoisotopic (exact) mass is 304 g/mol. The molecular formula is C10H6F6O4. The van der Waals surface area contributed by atoms with E-state index in [1.807, 2.05) is 0 Å². The standard InChI is InChI=1S/C10H6F6O4/c11-9(12,13)8(18,10(14,15)16)4-1-6-7(2-5(4)17)20-3-19-6/h1-2,17-18H,3H2.